The van der Waals surface area contributed by atoms with Crippen molar-refractivity contribution in [2.45, 2.75) is 12.2 Å². The molecule has 1 aromatic rings. The lowest BCUT2D eigenvalue weighted by molar-refractivity contribution is -0.177. The molecule has 6 nitrogen and oxygen atoms in total. The van der Waals surface area contributed by atoms with Crippen molar-refractivity contribution in [2.75, 3.05) is 0 Å². The molecule has 6 heteroatoms. The number of imide groups is 1. The van der Waals surface area contributed by atoms with Gasteiger partial charge in [-0.25, -0.2) is 4.79 Å². The van der Waals surface area contributed by atoms with Crippen LogP contribution in [-0.4, -0.2) is 35.1 Å². The maximum atomic E-state index is 12.3. The highest BCUT2D eigenvalue weighted by Crippen LogP contribution is 2.45. The number of hydrogen-bond acceptors (Lipinski definition) is 5. The summed E-state index contributed by atoms with van der Waals surface area (Å²) in [5.74, 6) is -2.89. The second-order valence-corrected chi connectivity index (χ2v) is 5.22. The maximum Gasteiger partial charge on any atom is 0.363 e. The molecular formula is C15H11NO5. The molecule has 3 aliphatic rings. The number of hydrogen-bond donors (Lipinski definition) is 0. The summed E-state index contributed by atoms with van der Waals surface area (Å²) in [5, 5.41) is 0.597. The number of carbonyl (C=O) groups excluding carboxylic acids is 3. The third-order valence-electron chi connectivity index (χ3n) is 4.05. The van der Waals surface area contributed by atoms with Crippen molar-refractivity contribution in [3.05, 3.63) is 48.0 Å². The van der Waals surface area contributed by atoms with Crippen LogP contribution >= 0.6 is 0 Å². The van der Waals surface area contributed by atoms with Crippen molar-refractivity contribution in [1.29, 1.82) is 0 Å². The van der Waals surface area contributed by atoms with Gasteiger partial charge >= 0.3 is 5.97 Å². The number of benzene rings is 1. The summed E-state index contributed by atoms with van der Waals surface area (Å²) in [5.41, 5.74) is 0.285. The smallest absolute Gasteiger partial charge is 0.363 e. The molecule has 3 aliphatic heterocycles. The Kier molecular flexibility index (Phi) is 2.49. The molecule has 106 valence electrons. The first-order valence-electron chi connectivity index (χ1n) is 6.66. The molecule has 2 saturated heterocycles. The van der Waals surface area contributed by atoms with E-state index in [1.807, 2.05) is 0 Å². The highest BCUT2D eigenvalue weighted by molar-refractivity contribution is 6.07. The first-order valence-corrected chi connectivity index (χ1v) is 6.66. The topological polar surface area (TPSA) is 72.9 Å². The van der Waals surface area contributed by atoms with Crippen molar-refractivity contribution in [3.63, 3.8) is 0 Å². The van der Waals surface area contributed by atoms with E-state index in [0.29, 0.717) is 5.06 Å². The largest absolute Gasteiger partial charge is 0.365 e. The SMILES string of the molecule is O=C(ON1C(=O)[C@H]2[C@H](C1=O)[C@H]1C=C[C@H]2O1)c1ccccc1. The Hall–Kier alpha value is -2.47. The molecule has 0 saturated carbocycles. The fourth-order valence-electron chi connectivity index (χ4n) is 3.08. The molecule has 21 heavy (non-hydrogen) atoms. The standard InChI is InChI=1S/C15H11NO5/c17-13-11-9-6-7-10(20-9)12(11)14(18)16(13)21-15(19)8-4-2-1-3-5-8/h1-7,9-12H/t9-,10-,11-,12-/m1/s1. The van der Waals surface area contributed by atoms with Crippen LogP contribution < -0.4 is 0 Å². The molecule has 2 bridgehead atoms. The summed E-state index contributed by atoms with van der Waals surface area (Å²) in [6.45, 7) is 0. The normalized spacial score (nSPS) is 32.7. The molecule has 0 unspecified atom stereocenters. The second-order valence-electron chi connectivity index (χ2n) is 5.22. The fourth-order valence-corrected chi connectivity index (χ4v) is 3.08. The highest BCUT2D eigenvalue weighted by atomic mass is 16.7. The molecule has 0 radical (unpaired) electrons. The summed E-state index contributed by atoms with van der Waals surface area (Å²) in [7, 11) is 0. The van der Waals surface area contributed by atoms with Gasteiger partial charge < -0.3 is 9.57 Å². The summed E-state index contributed by atoms with van der Waals surface area (Å²) < 4.78 is 5.50. The van der Waals surface area contributed by atoms with Crippen LogP contribution in [0.1, 0.15) is 10.4 Å². The zero-order valence-corrected chi connectivity index (χ0v) is 10.8. The summed E-state index contributed by atoms with van der Waals surface area (Å²) in [4.78, 5) is 41.5. The molecule has 3 heterocycles. The molecule has 0 N–H and O–H groups in total. The van der Waals surface area contributed by atoms with E-state index in [1.165, 1.54) is 0 Å². The van der Waals surface area contributed by atoms with Crippen LogP contribution in [0, 0.1) is 11.8 Å². The van der Waals surface area contributed by atoms with Gasteiger partial charge in [-0.15, -0.1) is 5.06 Å². The van der Waals surface area contributed by atoms with Gasteiger partial charge in [-0.1, -0.05) is 30.4 Å². The molecule has 0 spiro atoms. The van der Waals surface area contributed by atoms with Crippen molar-refractivity contribution in [3.8, 4) is 0 Å². The second kappa shape index (κ2) is 4.26. The maximum absolute atomic E-state index is 12.3. The van der Waals surface area contributed by atoms with E-state index >= 15 is 0 Å². The van der Waals surface area contributed by atoms with Crippen LogP contribution in [0.5, 0.6) is 0 Å². The van der Waals surface area contributed by atoms with Crippen LogP contribution in [-0.2, 0) is 19.2 Å². The number of amides is 2. The number of carbonyl (C=O) groups is 3. The van der Waals surface area contributed by atoms with Gasteiger partial charge in [0.2, 0.25) is 0 Å². The van der Waals surface area contributed by atoms with Crippen LogP contribution in [0.4, 0.5) is 0 Å². The minimum Gasteiger partial charge on any atom is -0.365 e. The molecule has 0 aliphatic carbocycles. The van der Waals surface area contributed by atoms with E-state index in [-0.39, 0.29) is 5.56 Å². The number of hydroxylamine groups is 2. The van der Waals surface area contributed by atoms with Crippen molar-refractivity contribution in [2.24, 2.45) is 11.8 Å². The number of ether oxygens (including phenoxy) is 1. The molecule has 4 atom stereocenters. The van der Waals surface area contributed by atoms with Gasteiger partial charge in [0.05, 0.1) is 29.6 Å². The quantitative estimate of drug-likeness (QED) is 0.590. The van der Waals surface area contributed by atoms with Gasteiger partial charge in [-0.05, 0) is 12.1 Å². The van der Waals surface area contributed by atoms with Crippen molar-refractivity contribution < 1.29 is 24.0 Å². The molecule has 1 aromatic carbocycles. The Balaban J connectivity index is 1.56. The minimum absolute atomic E-state index is 0.285. The van der Waals surface area contributed by atoms with Crippen molar-refractivity contribution in [1.82, 2.24) is 5.06 Å². The Morgan fingerprint density at radius 1 is 1.00 bits per heavy atom. The predicted octanol–water partition coefficient (Wildman–Crippen LogP) is 0.697. The fraction of sp³-hybridized carbons (Fsp3) is 0.267. The van der Waals surface area contributed by atoms with E-state index in [2.05, 4.69) is 0 Å². The first kappa shape index (κ1) is 12.3. The zero-order valence-electron chi connectivity index (χ0n) is 10.8. The number of rotatable bonds is 2. The van der Waals surface area contributed by atoms with E-state index in [1.54, 1.807) is 42.5 Å². The third-order valence-corrected chi connectivity index (χ3v) is 4.05. The Labute approximate surface area is 119 Å². The number of nitrogens with zero attached hydrogens (tertiary/aromatic N) is 1. The zero-order chi connectivity index (χ0) is 14.6. The van der Waals surface area contributed by atoms with Crippen LogP contribution in [0.3, 0.4) is 0 Å². The van der Waals surface area contributed by atoms with Gasteiger partial charge in [0, 0.05) is 0 Å². The third kappa shape index (κ3) is 1.66. The van der Waals surface area contributed by atoms with E-state index in [0.717, 1.165) is 0 Å². The van der Waals surface area contributed by atoms with Crippen LogP contribution in [0.15, 0.2) is 42.5 Å². The van der Waals surface area contributed by atoms with Crippen LogP contribution in [0.2, 0.25) is 0 Å². The lowest BCUT2D eigenvalue weighted by Gasteiger charge is -2.16. The van der Waals surface area contributed by atoms with Crippen molar-refractivity contribution >= 4 is 17.8 Å². The monoisotopic (exact) mass is 285 g/mol. The predicted molar refractivity (Wildman–Crippen MR) is 68.5 cm³/mol. The van der Waals surface area contributed by atoms with Gasteiger partial charge in [0.1, 0.15) is 0 Å². The Morgan fingerprint density at radius 2 is 1.57 bits per heavy atom. The Morgan fingerprint density at radius 3 is 2.14 bits per heavy atom. The minimum atomic E-state index is -0.724. The summed E-state index contributed by atoms with van der Waals surface area (Å²) in [6, 6.07) is 8.23. The highest BCUT2D eigenvalue weighted by Gasteiger charge is 2.62. The molecule has 2 amide bonds. The van der Waals surface area contributed by atoms with E-state index < -0.39 is 41.8 Å². The van der Waals surface area contributed by atoms with Gasteiger partial charge in [0.15, 0.2) is 0 Å². The number of fused-ring (bicyclic) bond motifs is 5. The van der Waals surface area contributed by atoms with Gasteiger partial charge in [-0.2, -0.15) is 0 Å². The summed E-state index contributed by atoms with van der Waals surface area (Å²) >= 11 is 0. The van der Waals surface area contributed by atoms with Gasteiger partial charge in [-0.3, -0.25) is 9.59 Å². The average molecular weight is 285 g/mol. The first-order chi connectivity index (χ1) is 10.2. The molecule has 2 fully saturated rings. The van der Waals surface area contributed by atoms with Gasteiger partial charge in [0.25, 0.3) is 11.8 Å². The lowest BCUT2D eigenvalue weighted by Crippen LogP contribution is -2.36. The van der Waals surface area contributed by atoms with Crippen LogP contribution in [0.25, 0.3) is 0 Å². The lowest BCUT2D eigenvalue weighted by atomic mass is 9.85. The van der Waals surface area contributed by atoms with E-state index in [9.17, 15) is 14.4 Å². The average Bonchev–Trinajstić information content (AvgIpc) is 3.18. The summed E-state index contributed by atoms with van der Waals surface area (Å²) in [6.07, 6.45) is 2.77. The molecule has 4 rings (SSSR count). The molecular weight excluding hydrogens is 274 g/mol. The van der Waals surface area contributed by atoms with E-state index in [4.69, 9.17) is 9.57 Å². The molecule has 0 aromatic heterocycles. The Bertz CT molecular complexity index is 638.